The highest BCUT2D eigenvalue weighted by atomic mass is 16.7. The standard InChI is InChI=1S/C12H20O4/c1-5-11(13)14-7-10-8-15-12(4,16-10)6-9(2)3/h8-9H,5-7H2,1-4H3. The molecule has 0 aliphatic carbocycles. The summed E-state index contributed by atoms with van der Waals surface area (Å²) >= 11 is 0. The van der Waals surface area contributed by atoms with Crippen molar-refractivity contribution >= 4 is 5.97 Å². The zero-order valence-corrected chi connectivity index (χ0v) is 10.4. The first kappa shape index (κ1) is 12.9. The molecule has 0 amide bonds. The van der Waals surface area contributed by atoms with Gasteiger partial charge in [0.25, 0.3) is 0 Å². The molecule has 0 spiro atoms. The molecular formula is C12H20O4. The Hall–Kier alpha value is -1.19. The Morgan fingerprint density at radius 3 is 2.81 bits per heavy atom. The van der Waals surface area contributed by atoms with Crippen LogP contribution in [-0.2, 0) is 19.0 Å². The summed E-state index contributed by atoms with van der Waals surface area (Å²) < 4.78 is 16.0. The lowest BCUT2D eigenvalue weighted by molar-refractivity contribution is -0.155. The summed E-state index contributed by atoms with van der Waals surface area (Å²) in [6, 6.07) is 0. The van der Waals surface area contributed by atoms with E-state index in [0.29, 0.717) is 18.1 Å². The predicted octanol–water partition coefficient (Wildman–Crippen LogP) is 2.59. The van der Waals surface area contributed by atoms with Crippen LogP contribution < -0.4 is 0 Å². The second-order valence-electron chi connectivity index (χ2n) is 4.55. The SMILES string of the molecule is CCC(=O)OCC1=COC(C)(CC(C)C)O1. The van der Waals surface area contributed by atoms with Crippen molar-refractivity contribution in [3.63, 3.8) is 0 Å². The first-order chi connectivity index (χ1) is 7.45. The lowest BCUT2D eigenvalue weighted by atomic mass is 10.0. The monoisotopic (exact) mass is 228 g/mol. The van der Waals surface area contributed by atoms with Crippen molar-refractivity contribution in [1.29, 1.82) is 0 Å². The minimum absolute atomic E-state index is 0.153. The zero-order chi connectivity index (χ0) is 12.2. The van der Waals surface area contributed by atoms with E-state index in [1.807, 2.05) is 6.92 Å². The van der Waals surface area contributed by atoms with E-state index >= 15 is 0 Å². The maximum absolute atomic E-state index is 11.0. The van der Waals surface area contributed by atoms with E-state index in [1.165, 1.54) is 6.26 Å². The molecule has 0 N–H and O–H groups in total. The lowest BCUT2D eigenvalue weighted by Crippen LogP contribution is -2.28. The van der Waals surface area contributed by atoms with Crippen LogP contribution in [0.1, 0.15) is 40.5 Å². The van der Waals surface area contributed by atoms with E-state index in [4.69, 9.17) is 14.2 Å². The van der Waals surface area contributed by atoms with E-state index in [9.17, 15) is 4.79 Å². The summed E-state index contributed by atoms with van der Waals surface area (Å²) in [6.07, 6.45) is 2.71. The van der Waals surface area contributed by atoms with Crippen molar-refractivity contribution in [3.8, 4) is 0 Å². The Labute approximate surface area is 96.6 Å². The number of esters is 1. The van der Waals surface area contributed by atoms with E-state index in [1.54, 1.807) is 6.92 Å². The molecule has 1 aliphatic heterocycles. The van der Waals surface area contributed by atoms with Crippen LogP contribution in [0.15, 0.2) is 12.0 Å². The van der Waals surface area contributed by atoms with Gasteiger partial charge in [-0.15, -0.1) is 0 Å². The van der Waals surface area contributed by atoms with Crippen molar-refractivity contribution in [3.05, 3.63) is 12.0 Å². The number of hydrogen-bond donors (Lipinski definition) is 0. The van der Waals surface area contributed by atoms with Gasteiger partial charge in [0.2, 0.25) is 5.79 Å². The van der Waals surface area contributed by atoms with Gasteiger partial charge < -0.3 is 14.2 Å². The second kappa shape index (κ2) is 5.23. The zero-order valence-electron chi connectivity index (χ0n) is 10.4. The number of ether oxygens (including phenoxy) is 3. The predicted molar refractivity (Wildman–Crippen MR) is 59.4 cm³/mol. The van der Waals surface area contributed by atoms with Gasteiger partial charge in [-0.25, -0.2) is 0 Å². The summed E-state index contributed by atoms with van der Waals surface area (Å²) in [6.45, 7) is 8.00. The molecule has 1 aliphatic rings. The molecule has 0 fully saturated rings. The van der Waals surface area contributed by atoms with Crippen LogP contribution in [0, 0.1) is 5.92 Å². The maximum atomic E-state index is 11.0. The van der Waals surface area contributed by atoms with Crippen LogP contribution in [0.25, 0.3) is 0 Å². The molecule has 0 saturated carbocycles. The fourth-order valence-corrected chi connectivity index (χ4v) is 1.66. The smallest absolute Gasteiger partial charge is 0.305 e. The molecule has 1 unspecified atom stereocenters. The molecule has 0 aromatic heterocycles. The van der Waals surface area contributed by atoms with E-state index in [-0.39, 0.29) is 12.6 Å². The number of carbonyl (C=O) groups is 1. The summed E-state index contributed by atoms with van der Waals surface area (Å²) in [4.78, 5) is 11.0. The van der Waals surface area contributed by atoms with Crippen molar-refractivity contribution in [2.45, 2.75) is 46.3 Å². The summed E-state index contributed by atoms with van der Waals surface area (Å²) in [5.74, 6) is 0.213. The molecule has 0 bridgehead atoms. The first-order valence-corrected chi connectivity index (χ1v) is 5.66. The number of hydrogen-bond acceptors (Lipinski definition) is 4. The summed E-state index contributed by atoms with van der Waals surface area (Å²) in [5, 5.41) is 0. The van der Waals surface area contributed by atoms with Crippen molar-refractivity contribution < 1.29 is 19.0 Å². The van der Waals surface area contributed by atoms with Crippen LogP contribution in [0.4, 0.5) is 0 Å². The van der Waals surface area contributed by atoms with Gasteiger partial charge in [0.15, 0.2) is 12.4 Å². The van der Waals surface area contributed by atoms with E-state index in [2.05, 4.69) is 13.8 Å². The normalized spacial score (nSPS) is 23.7. The van der Waals surface area contributed by atoms with Gasteiger partial charge >= 0.3 is 5.97 Å². The molecule has 0 radical (unpaired) electrons. The Kier molecular flexibility index (Phi) is 4.21. The minimum atomic E-state index is -0.609. The van der Waals surface area contributed by atoms with Gasteiger partial charge in [0.1, 0.15) is 6.26 Å². The maximum Gasteiger partial charge on any atom is 0.305 e. The fourth-order valence-electron chi connectivity index (χ4n) is 1.66. The molecule has 4 nitrogen and oxygen atoms in total. The number of rotatable bonds is 5. The molecule has 0 saturated heterocycles. The van der Waals surface area contributed by atoms with Gasteiger partial charge in [0, 0.05) is 19.8 Å². The Balaban J connectivity index is 2.36. The van der Waals surface area contributed by atoms with Crippen molar-refractivity contribution in [1.82, 2.24) is 0 Å². The number of carbonyl (C=O) groups excluding carboxylic acids is 1. The largest absolute Gasteiger partial charge is 0.457 e. The molecule has 1 atom stereocenters. The highest BCUT2D eigenvalue weighted by Gasteiger charge is 2.34. The average Bonchev–Trinajstić information content (AvgIpc) is 2.55. The highest BCUT2D eigenvalue weighted by Crippen LogP contribution is 2.31. The van der Waals surface area contributed by atoms with E-state index < -0.39 is 5.79 Å². The second-order valence-corrected chi connectivity index (χ2v) is 4.55. The molecule has 1 heterocycles. The lowest BCUT2D eigenvalue weighted by Gasteiger charge is -2.25. The van der Waals surface area contributed by atoms with E-state index in [0.717, 1.165) is 6.42 Å². The Morgan fingerprint density at radius 1 is 1.56 bits per heavy atom. The van der Waals surface area contributed by atoms with Gasteiger partial charge in [-0.05, 0) is 5.92 Å². The average molecular weight is 228 g/mol. The third-order valence-corrected chi connectivity index (χ3v) is 2.23. The third kappa shape index (κ3) is 3.76. The van der Waals surface area contributed by atoms with Crippen LogP contribution >= 0.6 is 0 Å². The molecule has 0 aromatic rings. The van der Waals surface area contributed by atoms with Gasteiger partial charge in [-0.3, -0.25) is 4.79 Å². The fraction of sp³-hybridized carbons (Fsp3) is 0.750. The molecule has 16 heavy (non-hydrogen) atoms. The van der Waals surface area contributed by atoms with Crippen LogP contribution in [0.2, 0.25) is 0 Å². The molecular weight excluding hydrogens is 208 g/mol. The van der Waals surface area contributed by atoms with Crippen LogP contribution in [0.5, 0.6) is 0 Å². The Morgan fingerprint density at radius 2 is 2.25 bits per heavy atom. The summed E-state index contributed by atoms with van der Waals surface area (Å²) in [7, 11) is 0. The first-order valence-electron chi connectivity index (χ1n) is 5.66. The quantitative estimate of drug-likeness (QED) is 0.678. The highest BCUT2D eigenvalue weighted by molar-refractivity contribution is 5.68. The summed E-state index contributed by atoms with van der Waals surface area (Å²) in [5.41, 5.74) is 0. The van der Waals surface area contributed by atoms with Gasteiger partial charge in [-0.1, -0.05) is 20.8 Å². The van der Waals surface area contributed by atoms with Gasteiger partial charge in [0.05, 0.1) is 0 Å². The third-order valence-electron chi connectivity index (χ3n) is 2.23. The van der Waals surface area contributed by atoms with Crippen molar-refractivity contribution in [2.24, 2.45) is 5.92 Å². The van der Waals surface area contributed by atoms with Crippen LogP contribution in [-0.4, -0.2) is 18.4 Å². The molecule has 92 valence electrons. The molecule has 0 aromatic carbocycles. The Bertz CT molecular complexity index is 283. The minimum Gasteiger partial charge on any atom is -0.457 e. The van der Waals surface area contributed by atoms with Crippen LogP contribution in [0.3, 0.4) is 0 Å². The topological polar surface area (TPSA) is 44.8 Å². The molecule has 4 heteroatoms. The van der Waals surface area contributed by atoms with Gasteiger partial charge in [-0.2, -0.15) is 0 Å². The van der Waals surface area contributed by atoms with Crippen molar-refractivity contribution in [2.75, 3.05) is 6.61 Å². The molecule has 1 rings (SSSR count).